The molecule has 0 fully saturated rings. The molecule has 0 saturated carbocycles. The standard InChI is InChI=1S/C17H16F3N3O/c1-4-23-16-15(10(2)22-23)13(17(18,19)20)9-14(21-16)11-6-5-7-12(8-11)24-3/h5-9H,4H2,1-3H3. The third-order valence-electron chi connectivity index (χ3n) is 3.85. The van der Waals surface area contributed by atoms with E-state index in [0.717, 1.165) is 6.07 Å². The van der Waals surface area contributed by atoms with E-state index < -0.39 is 11.7 Å². The molecule has 0 aliphatic heterocycles. The quantitative estimate of drug-likeness (QED) is 0.710. The number of aromatic nitrogens is 3. The average Bonchev–Trinajstić information content (AvgIpc) is 2.89. The molecule has 0 aliphatic carbocycles. The van der Waals surface area contributed by atoms with E-state index in [1.165, 1.54) is 11.8 Å². The number of hydrogen-bond donors (Lipinski definition) is 0. The molecule has 126 valence electrons. The molecule has 0 atom stereocenters. The number of methoxy groups -OCH3 is 1. The van der Waals surface area contributed by atoms with Crippen LogP contribution in [0, 0.1) is 6.92 Å². The van der Waals surface area contributed by atoms with E-state index in [1.54, 1.807) is 31.2 Å². The Morgan fingerprint density at radius 2 is 1.96 bits per heavy atom. The van der Waals surface area contributed by atoms with E-state index in [9.17, 15) is 13.2 Å². The number of alkyl halides is 3. The Kier molecular flexibility index (Phi) is 3.95. The van der Waals surface area contributed by atoms with Crippen LogP contribution in [0.3, 0.4) is 0 Å². The second kappa shape index (κ2) is 5.81. The molecule has 0 bridgehead atoms. The molecule has 2 aromatic heterocycles. The summed E-state index contributed by atoms with van der Waals surface area (Å²) in [5.74, 6) is 0.558. The summed E-state index contributed by atoms with van der Waals surface area (Å²) in [5.41, 5.74) is 0.639. The average molecular weight is 335 g/mol. The fourth-order valence-electron chi connectivity index (χ4n) is 2.73. The lowest BCUT2D eigenvalue weighted by atomic mass is 10.0. The van der Waals surface area contributed by atoms with Crippen LogP contribution in [0.2, 0.25) is 0 Å². The molecule has 2 heterocycles. The van der Waals surface area contributed by atoms with Crippen LogP contribution in [0.4, 0.5) is 13.2 Å². The lowest BCUT2D eigenvalue weighted by molar-refractivity contribution is -0.136. The Hall–Kier alpha value is -2.57. The number of nitrogens with zero attached hydrogens (tertiary/aromatic N) is 3. The largest absolute Gasteiger partial charge is 0.497 e. The van der Waals surface area contributed by atoms with Gasteiger partial charge >= 0.3 is 6.18 Å². The van der Waals surface area contributed by atoms with Gasteiger partial charge in [-0.25, -0.2) is 9.67 Å². The lowest BCUT2D eigenvalue weighted by Crippen LogP contribution is -2.08. The molecule has 7 heteroatoms. The third-order valence-corrected chi connectivity index (χ3v) is 3.85. The van der Waals surface area contributed by atoms with E-state index in [4.69, 9.17) is 4.74 Å². The summed E-state index contributed by atoms with van der Waals surface area (Å²) in [4.78, 5) is 4.43. The highest BCUT2D eigenvalue weighted by atomic mass is 19.4. The minimum absolute atomic E-state index is 0.0518. The number of pyridine rings is 1. The van der Waals surface area contributed by atoms with Crippen molar-refractivity contribution in [1.29, 1.82) is 0 Å². The van der Waals surface area contributed by atoms with E-state index in [2.05, 4.69) is 10.1 Å². The topological polar surface area (TPSA) is 39.9 Å². The van der Waals surface area contributed by atoms with Crippen molar-refractivity contribution in [2.75, 3.05) is 7.11 Å². The summed E-state index contributed by atoms with van der Waals surface area (Å²) in [6.45, 7) is 3.83. The molecule has 24 heavy (non-hydrogen) atoms. The first-order chi connectivity index (χ1) is 11.3. The van der Waals surface area contributed by atoms with Gasteiger partial charge in [-0.3, -0.25) is 0 Å². The summed E-state index contributed by atoms with van der Waals surface area (Å²) in [5, 5.41) is 4.23. The lowest BCUT2D eigenvalue weighted by Gasteiger charge is -2.12. The van der Waals surface area contributed by atoms with Crippen molar-refractivity contribution >= 4 is 11.0 Å². The van der Waals surface area contributed by atoms with Gasteiger partial charge in [0.25, 0.3) is 0 Å². The zero-order valence-electron chi connectivity index (χ0n) is 13.5. The zero-order valence-corrected chi connectivity index (χ0v) is 13.5. The maximum absolute atomic E-state index is 13.6. The highest BCUT2D eigenvalue weighted by Crippen LogP contribution is 2.38. The summed E-state index contributed by atoms with van der Waals surface area (Å²) < 4.78 is 47.3. The van der Waals surface area contributed by atoms with Crippen LogP contribution in [0.25, 0.3) is 22.3 Å². The fourth-order valence-corrected chi connectivity index (χ4v) is 2.73. The molecule has 4 nitrogen and oxygen atoms in total. The number of fused-ring (bicyclic) bond motifs is 1. The second-order valence-corrected chi connectivity index (χ2v) is 5.38. The summed E-state index contributed by atoms with van der Waals surface area (Å²) in [7, 11) is 1.51. The van der Waals surface area contributed by atoms with Gasteiger partial charge in [0.15, 0.2) is 5.65 Å². The molecule has 0 saturated heterocycles. The van der Waals surface area contributed by atoms with Gasteiger partial charge in [0.05, 0.1) is 29.4 Å². The van der Waals surface area contributed by atoms with Crippen LogP contribution in [-0.4, -0.2) is 21.9 Å². The predicted molar refractivity (Wildman–Crippen MR) is 84.9 cm³/mol. The van der Waals surface area contributed by atoms with Crippen molar-refractivity contribution in [3.63, 3.8) is 0 Å². The summed E-state index contributed by atoms with van der Waals surface area (Å²) in [6, 6.07) is 7.89. The molecule has 3 rings (SSSR count). The first-order valence-electron chi connectivity index (χ1n) is 7.45. The first-order valence-corrected chi connectivity index (χ1v) is 7.45. The molecule has 0 unspecified atom stereocenters. The maximum Gasteiger partial charge on any atom is 0.417 e. The van der Waals surface area contributed by atoms with Crippen molar-refractivity contribution in [3.8, 4) is 17.0 Å². The van der Waals surface area contributed by atoms with Crippen molar-refractivity contribution in [2.24, 2.45) is 0 Å². The number of aryl methyl sites for hydroxylation is 2. The van der Waals surface area contributed by atoms with Crippen LogP contribution >= 0.6 is 0 Å². The van der Waals surface area contributed by atoms with Crippen molar-refractivity contribution in [2.45, 2.75) is 26.6 Å². The highest BCUT2D eigenvalue weighted by molar-refractivity contribution is 5.85. The number of ether oxygens (including phenoxy) is 1. The molecule has 0 spiro atoms. The monoisotopic (exact) mass is 335 g/mol. The first kappa shape index (κ1) is 16.3. The van der Waals surface area contributed by atoms with Gasteiger partial charge in [0.1, 0.15) is 5.75 Å². The molecular weight excluding hydrogens is 319 g/mol. The maximum atomic E-state index is 13.6. The molecule has 1 aromatic carbocycles. The van der Waals surface area contributed by atoms with Crippen LogP contribution in [-0.2, 0) is 12.7 Å². The van der Waals surface area contributed by atoms with E-state index in [0.29, 0.717) is 23.6 Å². The summed E-state index contributed by atoms with van der Waals surface area (Å²) in [6.07, 6.45) is -4.48. The number of halogens is 3. The Morgan fingerprint density at radius 3 is 2.58 bits per heavy atom. The molecule has 0 amide bonds. The van der Waals surface area contributed by atoms with Crippen molar-refractivity contribution in [1.82, 2.24) is 14.8 Å². The number of hydrogen-bond acceptors (Lipinski definition) is 3. The van der Waals surface area contributed by atoms with E-state index in [-0.39, 0.29) is 16.7 Å². The molecule has 0 N–H and O–H groups in total. The molecule has 0 aliphatic rings. The van der Waals surface area contributed by atoms with E-state index >= 15 is 0 Å². The Morgan fingerprint density at radius 1 is 1.21 bits per heavy atom. The van der Waals surface area contributed by atoms with E-state index in [1.807, 2.05) is 6.92 Å². The van der Waals surface area contributed by atoms with Crippen LogP contribution in [0.15, 0.2) is 30.3 Å². The zero-order chi connectivity index (χ0) is 17.5. The minimum Gasteiger partial charge on any atom is -0.497 e. The normalized spacial score (nSPS) is 11.9. The van der Waals surface area contributed by atoms with Crippen LogP contribution in [0.1, 0.15) is 18.2 Å². The van der Waals surface area contributed by atoms with Crippen LogP contribution in [0.5, 0.6) is 5.75 Å². The van der Waals surface area contributed by atoms with Gasteiger partial charge in [-0.1, -0.05) is 12.1 Å². The Bertz CT molecular complexity index is 900. The smallest absolute Gasteiger partial charge is 0.417 e. The molecular formula is C17H16F3N3O. The predicted octanol–water partition coefficient (Wildman–Crippen LogP) is 4.45. The van der Waals surface area contributed by atoms with Gasteiger partial charge in [0, 0.05) is 12.1 Å². The van der Waals surface area contributed by atoms with Gasteiger partial charge in [-0.15, -0.1) is 0 Å². The van der Waals surface area contributed by atoms with Gasteiger partial charge in [0.2, 0.25) is 0 Å². The fraction of sp³-hybridized carbons (Fsp3) is 0.294. The van der Waals surface area contributed by atoms with Crippen LogP contribution < -0.4 is 4.74 Å². The number of benzene rings is 1. The summed E-state index contributed by atoms with van der Waals surface area (Å²) >= 11 is 0. The number of rotatable bonds is 3. The Labute approximate surface area is 136 Å². The SMILES string of the molecule is CCn1nc(C)c2c(C(F)(F)F)cc(-c3cccc(OC)c3)nc21. The second-order valence-electron chi connectivity index (χ2n) is 5.38. The van der Waals surface area contributed by atoms with Crippen molar-refractivity contribution in [3.05, 3.63) is 41.6 Å². The minimum atomic E-state index is -4.48. The van der Waals surface area contributed by atoms with Gasteiger partial charge < -0.3 is 4.74 Å². The third kappa shape index (κ3) is 2.70. The molecule has 3 aromatic rings. The van der Waals surface area contributed by atoms with Gasteiger partial charge in [-0.2, -0.15) is 18.3 Å². The van der Waals surface area contributed by atoms with Crippen molar-refractivity contribution < 1.29 is 17.9 Å². The van der Waals surface area contributed by atoms with Gasteiger partial charge in [-0.05, 0) is 32.0 Å². The highest BCUT2D eigenvalue weighted by Gasteiger charge is 2.35. The Balaban J connectivity index is 2.34. The molecule has 0 radical (unpaired) electrons.